The fraction of sp³-hybridized carbons (Fsp3) is 0.240. The Labute approximate surface area is 191 Å². The SMILES string of the molecule is CCOC(=O)CN1[C@H](c2ccccc2)c2cc(Br)ccc2N[C@H]1c1ccccc1OC. The minimum absolute atomic E-state index is 0.134. The van der Waals surface area contributed by atoms with Crippen molar-refractivity contribution in [1.82, 2.24) is 4.90 Å². The maximum atomic E-state index is 12.7. The van der Waals surface area contributed by atoms with E-state index in [-0.39, 0.29) is 24.7 Å². The van der Waals surface area contributed by atoms with Crippen LogP contribution in [0.4, 0.5) is 5.69 Å². The highest BCUT2D eigenvalue weighted by Crippen LogP contribution is 2.46. The van der Waals surface area contributed by atoms with Gasteiger partial charge in [0, 0.05) is 15.7 Å². The molecule has 3 aromatic carbocycles. The first-order valence-corrected chi connectivity index (χ1v) is 11.1. The molecule has 1 N–H and O–H groups in total. The molecule has 0 aliphatic carbocycles. The Morgan fingerprint density at radius 1 is 1.03 bits per heavy atom. The smallest absolute Gasteiger partial charge is 0.320 e. The molecular formula is C25H25BrN2O3. The van der Waals surface area contributed by atoms with Crippen LogP contribution in [-0.2, 0) is 9.53 Å². The number of nitrogens with zero attached hydrogens (tertiary/aromatic N) is 1. The van der Waals surface area contributed by atoms with Crippen molar-refractivity contribution in [2.75, 3.05) is 25.6 Å². The first-order valence-electron chi connectivity index (χ1n) is 10.3. The quantitative estimate of drug-likeness (QED) is 0.469. The van der Waals surface area contributed by atoms with E-state index < -0.39 is 0 Å². The molecule has 5 nitrogen and oxygen atoms in total. The molecule has 0 fully saturated rings. The molecular weight excluding hydrogens is 456 g/mol. The third-order valence-electron chi connectivity index (χ3n) is 5.43. The molecule has 3 aromatic rings. The van der Waals surface area contributed by atoms with Gasteiger partial charge in [-0.15, -0.1) is 0 Å². The number of esters is 1. The maximum Gasteiger partial charge on any atom is 0.320 e. The predicted molar refractivity (Wildman–Crippen MR) is 125 cm³/mol. The normalized spacial score (nSPS) is 18.0. The minimum atomic E-state index is -0.278. The lowest BCUT2D eigenvalue weighted by molar-refractivity contribution is -0.145. The largest absolute Gasteiger partial charge is 0.496 e. The van der Waals surface area contributed by atoms with Crippen LogP contribution in [0.2, 0.25) is 0 Å². The summed E-state index contributed by atoms with van der Waals surface area (Å²) < 4.78 is 12.0. The molecule has 1 heterocycles. The molecule has 0 saturated carbocycles. The molecule has 4 rings (SSSR count). The van der Waals surface area contributed by atoms with E-state index in [1.165, 1.54) is 0 Å². The van der Waals surface area contributed by atoms with Gasteiger partial charge in [-0.05, 0) is 42.3 Å². The van der Waals surface area contributed by atoms with Gasteiger partial charge in [0.15, 0.2) is 0 Å². The molecule has 0 unspecified atom stereocenters. The van der Waals surface area contributed by atoms with Gasteiger partial charge in [-0.1, -0.05) is 64.5 Å². The van der Waals surface area contributed by atoms with Crippen molar-refractivity contribution in [3.8, 4) is 5.75 Å². The standard InChI is InChI=1S/C25H25BrN2O3/c1-3-31-23(29)16-28-24(17-9-5-4-6-10-17)20-15-18(26)13-14-21(20)27-25(28)19-11-7-8-12-22(19)30-2/h4-15,24-25,27H,3,16H2,1-2H3/t24-,25-/m1/s1. The van der Waals surface area contributed by atoms with Crippen LogP contribution in [-0.4, -0.2) is 31.1 Å². The van der Waals surface area contributed by atoms with Crippen molar-refractivity contribution >= 4 is 27.6 Å². The summed E-state index contributed by atoms with van der Waals surface area (Å²) in [6.07, 6.45) is -0.278. The summed E-state index contributed by atoms with van der Waals surface area (Å²) in [5, 5.41) is 3.63. The third-order valence-corrected chi connectivity index (χ3v) is 5.92. The van der Waals surface area contributed by atoms with Crippen LogP contribution in [0, 0.1) is 0 Å². The highest BCUT2D eigenvalue weighted by atomic mass is 79.9. The van der Waals surface area contributed by atoms with Crippen LogP contribution in [0.5, 0.6) is 5.75 Å². The number of fused-ring (bicyclic) bond motifs is 1. The molecule has 2 atom stereocenters. The number of para-hydroxylation sites is 1. The number of benzene rings is 3. The highest BCUT2D eigenvalue weighted by molar-refractivity contribution is 9.10. The van der Waals surface area contributed by atoms with Crippen molar-refractivity contribution in [2.24, 2.45) is 0 Å². The molecule has 0 amide bonds. The van der Waals surface area contributed by atoms with Crippen molar-refractivity contribution < 1.29 is 14.3 Å². The van der Waals surface area contributed by atoms with Gasteiger partial charge >= 0.3 is 5.97 Å². The fourth-order valence-corrected chi connectivity index (χ4v) is 4.52. The highest BCUT2D eigenvalue weighted by Gasteiger charge is 2.38. The molecule has 0 spiro atoms. The average molecular weight is 481 g/mol. The third kappa shape index (κ3) is 4.45. The Hall–Kier alpha value is -2.83. The van der Waals surface area contributed by atoms with Crippen LogP contribution in [0.15, 0.2) is 77.3 Å². The monoisotopic (exact) mass is 480 g/mol. The van der Waals surface area contributed by atoms with Gasteiger partial charge in [-0.2, -0.15) is 0 Å². The van der Waals surface area contributed by atoms with Gasteiger partial charge in [0.1, 0.15) is 11.9 Å². The zero-order valence-corrected chi connectivity index (χ0v) is 19.1. The molecule has 1 aliphatic rings. The van der Waals surface area contributed by atoms with E-state index in [2.05, 4.69) is 50.4 Å². The second-order valence-electron chi connectivity index (χ2n) is 7.31. The van der Waals surface area contributed by atoms with E-state index in [1.807, 2.05) is 55.5 Å². The summed E-state index contributed by atoms with van der Waals surface area (Å²) in [5.41, 5.74) is 4.18. The van der Waals surface area contributed by atoms with E-state index in [0.29, 0.717) is 6.61 Å². The van der Waals surface area contributed by atoms with Crippen molar-refractivity contribution in [2.45, 2.75) is 19.1 Å². The lowest BCUT2D eigenvalue weighted by Crippen LogP contribution is -2.44. The summed E-state index contributed by atoms with van der Waals surface area (Å²) in [6, 6.07) is 24.2. The Bertz CT molecular complexity index is 1060. The fourth-order valence-electron chi connectivity index (χ4n) is 4.14. The number of hydrogen-bond acceptors (Lipinski definition) is 5. The van der Waals surface area contributed by atoms with Gasteiger partial charge in [0.05, 0.1) is 26.3 Å². The van der Waals surface area contributed by atoms with E-state index in [1.54, 1.807) is 7.11 Å². The Kier molecular flexibility index (Phi) is 6.59. The molecule has 0 saturated heterocycles. The van der Waals surface area contributed by atoms with E-state index >= 15 is 0 Å². The van der Waals surface area contributed by atoms with Crippen LogP contribution in [0.1, 0.15) is 35.8 Å². The molecule has 1 aliphatic heterocycles. The van der Waals surface area contributed by atoms with Crippen LogP contribution in [0.25, 0.3) is 0 Å². The predicted octanol–water partition coefficient (Wildman–Crippen LogP) is 5.54. The molecule has 160 valence electrons. The molecule has 0 radical (unpaired) electrons. The lowest BCUT2D eigenvalue weighted by atomic mass is 9.91. The number of anilines is 1. The van der Waals surface area contributed by atoms with E-state index in [0.717, 1.165) is 32.6 Å². The van der Waals surface area contributed by atoms with Crippen LogP contribution < -0.4 is 10.1 Å². The number of carbonyl (C=O) groups excluding carboxylic acids is 1. The average Bonchev–Trinajstić information content (AvgIpc) is 2.79. The zero-order valence-electron chi connectivity index (χ0n) is 17.5. The zero-order chi connectivity index (χ0) is 21.8. The Morgan fingerprint density at radius 2 is 1.77 bits per heavy atom. The summed E-state index contributed by atoms with van der Waals surface area (Å²) in [6.45, 7) is 2.30. The summed E-state index contributed by atoms with van der Waals surface area (Å²) >= 11 is 3.61. The van der Waals surface area contributed by atoms with Crippen molar-refractivity contribution in [3.05, 3.63) is 94.0 Å². The topological polar surface area (TPSA) is 50.8 Å². The van der Waals surface area contributed by atoms with Gasteiger partial charge in [-0.3, -0.25) is 9.69 Å². The van der Waals surface area contributed by atoms with Gasteiger partial charge in [-0.25, -0.2) is 0 Å². The van der Waals surface area contributed by atoms with Gasteiger partial charge < -0.3 is 14.8 Å². The first kappa shape index (κ1) is 21.4. The van der Waals surface area contributed by atoms with Crippen molar-refractivity contribution in [1.29, 1.82) is 0 Å². The first-order chi connectivity index (χ1) is 15.1. The second-order valence-corrected chi connectivity index (χ2v) is 8.23. The van der Waals surface area contributed by atoms with E-state index in [9.17, 15) is 4.79 Å². The molecule has 31 heavy (non-hydrogen) atoms. The van der Waals surface area contributed by atoms with Crippen LogP contribution in [0.3, 0.4) is 0 Å². The molecule has 6 heteroatoms. The lowest BCUT2D eigenvalue weighted by Gasteiger charge is -2.44. The second kappa shape index (κ2) is 9.54. The van der Waals surface area contributed by atoms with E-state index in [4.69, 9.17) is 9.47 Å². The Balaban J connectivity index is 1.90. The number of rotatable bonds is 6. The minimum Gasteiger partial charge on any atom is -0.496 e. The summed E-state index contributed by atoms with van der Waals surface area (Å²) in [4.78, 5) is 14.8. The van der Waals surface area contributed by atoms with Crippen molar-refractivity contribution in [3.63, 3.8) is 0 Å². The summed E-state index contributed by atoms with van der Waals surface area (Å²) in [7, 11) is 1.66. The Morgan fingerprint density at radius 3 is 2.52 bits per heavy atom. The molecule has 0 aromatic heterocycles. The number of hydrogen-bond donors (Lipinski definition) is 1. The molecule has 0 bridgehead atoms. The van der Waals surface area contributed by atoms with Gasteiger partial charge in [0.2, 0.25) is 0 Å². The number of halogens is 1. The number of carbonyl (C=O) groups is 1. The van der Waals surface area contributed by atoms with Crippen LogP contribution >= 0.6 is 15.9 Å². The summed E-state index contributed by atoms with van der Waals surface area (Å²) in [5.74, 6) is 0.504. The maximum absolute atomic E-state index is 12.7. The van der Waals surface area contributed by atoms with Gasteiger partial charge in [0.25, 0.3) is 0 Å². The number of nitrogens with one attached hydrogen (secondary N) is 1. The number of methoxy groups -OCH3 is 1. The number of ether oxygens (including phenoxy) is 2.